The highest BCUT2D eigenvalue weighted by molar-refractivity contribution is 8.00. The molecule has 0 radical (unpaired) electrons. The Morgan fingerprint density at radius 1 is 1.55 bits per heavy atom. The van der Waals surface area contributed by atoms with Crippen LogP contribution >= 0.6 is 11.8 Å². The second kappa shape index (κ2) is 5.44. The number of halogens is 3. The number of Topliss-reactive ketones (excluding diaryl/α,β-unsaturated/α-hetero) is 1. The molecule has 0 aromatic carbocycles. The van der Waals surface area contributed by atoms with Crippen molar-refractivity contribution in [2.45, 2.75) is 36.9 Å². The number of hydrogen-bond donors (Lipinski definition) is 0. The van der Waals surface area contributed by atoms with Gasteiger partial charge in [0.2, 0.25) is 0 Å². The van der Waals surface area contributed by atoms with Crippen molar-refractivity contribution in [2.75, 3.05) is 5.75 Å². The summed E-state index contributed by atoms with van der Waals surface area (Å²) in [6, 6.07) is 2.53. The number of pyridine rings is 1. The Morgan fingerprint density at radius 2 is 2.20 bits per heavy atom. The molecule has 3 nitrogen and oxygen atoms in total. The summed E-state index contributed by atoms with van der Waals surface area (Å²) in [7, 11) is 0. The highest BCUT2D eigenvalue weighted by Gasteiger charge is 2.38. The van der Waals surface area contributed by atoms with Gasteiger partial charge < -0.3 is 0 Å². The SMILES string of the molecule is CC(=O)CSc1nc(C2CC2)cc(C(F)(F)F)c1C#N. The lowest BCUT2D eigenvalue weighted by Crippen LogP contribution is -2.11. The Hall–Kier alpha value is -1.55. The van der Waals surface area contributed by atoms with Crippen LogP contribution in [0.15, 0.2) is 11.1 Å². The van der Waals surface area contributed by atoms with Crippen LogP contribution in [0.1, 0.15) is 42.5 Å². The van der Waals surface area contributed by atoms with Gasteiger partial charge in [-0.25, -0.2) is 4.98 Å². The zero-order valence-corrected chi connectivity index (χ0v) is 11.4. The zero-order valence-electron chi connectivity index (χ0n) is 10.6. The van der Waals surface area contributed by atoms with E-state index in [2.05, 4.69) is 4.98 Å². The molecule has 2 rings (SSSR count). The van der Waals surface area contributed by atoms with Crippen LogP contribution in [0, 0.1) is 11.3 Å². The number of nitrogens with zero attached hydrogens (tertiary/aromatic N) is 2. The van der Waals surface area contributed by atoms with E-state index >= 15 is 0 Å². The molecule has 1 aromatic heterocycles. The lowest BCUT2D eigenvalue weighted by atomic mass is 10.1. The summed E-state index contributed by atoms with van der Waals surface area (Å²) in [5.41, 5.74) is -1.08. The summed E-state index contributed by atoms with van der Waals surface area (Å²) < 4.78 is 39.1. The van der Waals surface area contributed by atoms with Crippen molar-refractivity contribution in [2.24, 2.45) is 0 Å². The molecule has 0 atom stereocenters. The van der Waals surface area contributed by atoms with E-state index in [4.69, 9.17) is 5.26 Å². The average molecular weight is 300 g/mol. The second-order valence-electron chi connectivity index (χ2n) is 4.65. The van der Waals surface area contributed by atoms with E-state index in [1.807, 2.05) is 0 Å². The number of aromatic nitrogens is 1. The van der Waals surface area contributed by atoms with Crippen LogP contribution in [-0.4, -0.2) is 16.5 Å². The van der Waals surface area contributed by atoms with Gasteiger partial charge >= 0.3 is 6.18 Å². The molecule has 0 unspecified atom stereocenters. The normalized spacial score (nSPS) is 14.9. The van der Waals surface area contributed by atoms with Crippen LogP contribution in [0.4, 0.5) is 13.2 Å². The van der Waals surface area contributed by atoms with E-state index in [9.17, 15) is 18.0 Å². The molecule has 1 fully saturated rings. The van der Waals surface area contributed by atoms with E-state index in [1.54, 1.807) is 6.07 Å². The Bertz CT molecular complexity index is 589. The smallest absolute Gasteiger partial charge is 0.299 e. The maximum atomic E-state index is 13.0. The Morgan fingerprint density at radius 3 is 2.65 bits per heavy atom. The van der Waals surface area contributed by atoms with Gasteiger partial charge in [0.15, 0.2) is 0 Å². The van der Waals surface area contributed by atoms with E-state index in [0.29, 0.717) is 5.69 Å². The fourth-order valence-corrected chi connectivity index (χ4v) is 2.54. The highest BCUT2D eigenvalue weighted by Crippen LogP contribution is 2.43. The lowest BCUT2D eigenvalue weighted by molar-refractivity contribution is -0.138. The average Bonchev–Trinajstić information content (AvgIpc) is 3.18. The summed E-state index contributed by atoms with van der Waals surface area (Å²) in [6.07, 6.45) is -2.97. The minimum Gasteiger partial charge on any atom is -0.299 e. The van der Waals surface area contributed by atoms with Crippen LogP contribution in [-0.2, 0) is 11.0 Å². The first-order valence-corrected chi connectivity index (χ1v) is 6.96. The molecule has 1 aromatic rings. The van der Waals surface area contributed by atoms with Crippen molar-refractivity contribution in [1.29, 1.82) is 5.26 Å². The van der Waals surface area contributed by atoms with Gasteiger partial charge in [0.25, 0.3) is 0 Å². The van der Waals surface area contributed by atoms with Gasteiger partial charge in [-0.05, 0) is 25.8 Å². The first kappa shape index (κ1) is 14.9. The summed E-state index contributed by atoms with van der Waals surface area (Å²) in [6.45, 7) is 1.34. The minimum absolute atomic E-state index is 0.000532. The summed E-state index contributed by atoms with van der Waals surface area (Å²) in [5.74, 6) is -0.126. The van der Waals surface area contributed by atoms with Gasteiger partial charge in [-0.15, -0.1) is 0 Å². The van der Waals surface area contributed by atoms with E-state index in [-0.39, 0.29) is 22.5 Å². The lowest BCUT2D eigenvalue weighted by Gasteiger charge is -2.13. The minimum atomic E-state index is -4.59. The van der Waals surface area contributed by atoms with Crippen molar-refractivity contribution in [3.05, 3.63) is 22.9 Å². The number of ketones is 1. The zero-order chi connectivity index (χ0) is 14.9. The number of carbonyl (C=O) groups excluding carboxylic acids is 1. The first-order chi connectivity index (χ1) is 9.32. The van der Waals surface area contributed by atoms with Gasteiger partial charge in [0.1, 0.15) is 16.9 Å². The third-order valence-corrected chi connectivity index (χ3v) is 3.95. The van der Waals surface area contributed by atoms with Crippen molar-refractivity contribution in [1.82, 2.24) is 4.98 Å². The molecule has 0 amide bonds. The molecule has 7 heteroatoms. The monoisotopic (exact) mass is 300 g/mol. The van der Waals surface area contributed by atoms with Gasteiger partial charge in [-0.1, -0.05) is 11.8 Å². The second-order valence-corrected chi connectivity index (χ2v) is 5.61. The molecule has 1 aliphatic rings. The van der Waals surface area contributed by atoms with Gasteiger partial charge in [0.05, 0.1) is 16.9 Å². The van der Waals surface area contributed by atoms with Gasteiger partial charge in [-0.3, -0.25) is 4.79 Å². The molecule has 0 saturated heterocycles. The largest absolute Gasteiger partial charge is 0.417 e. The van der Waals surface area contributed by atoms with E-state index in [0.717, 1.165) is 30.7 Å². The fourth-order valence-electron chi connectivity index (χ4n) is 1.73. The van der Waals surface area contributed by atoms with E-state index < -0.39 is 17.3 Å². The molecule has 0 bridgehead atoms. The molecule has 20 heavy (non-hydrogen) atoms. The van der Waals surface area contributed by atoms with Crippen LogP contribution in [0.25, 0.3) is 0 Å². The number of hydrogen-bond acceptors (Lipinski definition) is 4. The maximum Gasteiger partial charge on any atom is 0.417 e. The molecular weight excluding hydrogens is 289 g/mol. The Balaban J connectivity index is 2.49. The quantitative estimate of drug-likeness (QED) is 0.798. The number of carbonyl (C=O) groups is 1. The number of rotatable bonds is 4. The Labute approximate surface area is 118 Å². The molecule has 0 spiro atoms. The molecule has 1 heterocycles. The molecular formula is C13H11F3N2OS. The highest BCUT2D eigenvalue weighted by atomic mass is 32.2. The fraction of sp³-hybridized carbons (Fsp3) is 0.462. The number of thioether (sulfide) groups is 1. The molecule has 1 aliphatic carbocycles. The maximum absolute atomic E-state index is 13.0. The van der Waals surface area contributed by atoms with Crippen molar-refractivity contribution >= 4 is 17.5 Å². The van der Waals surface area contributed by atoms with Crippen LogP contribution in [0.2, 0.25) is 0 Å². The summed E-state index contributed by atoms with van der Waals surface area (Å²) >= 11 is 0.886. The first-order valence-electron chi connectivity index (χ1n) is 5.97. The van der Waals surface area contributed by atoms with Crippen LogP contribution in [0.3, 0.4) is 0 Å². The molecule has 0 aliphatic heterocycles. The molecule has 106 valence electrons. The van der Waals surface area contributed by atoms with Gasteiger partial charge in [0, 0.05) is 11.6 Å². The number of nitriles is 1. The summed E-state index contributed by atoms with van der Waals surface area (Å²) in [5, 5.41) is 8.98. The number of alkyl halides is 3. The topological polar surface area (TPSA) is 53.8 Å². The molecule has 1 saturated carbocycles. The summed E-state index contributed by atoms with van der Waals surface area (Å²) in [4.78, 5) is 15.1. The van der Waals surface area contributed by atoms with Gasteiger partial charge in [-0.2, -0.15) is 18.4 Å². The standard InChI is InChI=1S/C13H11F3N2OS/c1-7(19)6-20-12-9(5-17)10(13(14,15)16)4-11(18-12)8-2-3-8/h4,8H,2-3,6H2,1H3. The molecule has 0 N–H and O–H groups in total. The predicted octanol–water partition coefficient (Wildman–Crippen LogP) is 3.53. The van der Waals surface area contributed by atoms with E-state index in [1.165, 1.54) is 6.92 Å². The van der Waals surface area contributed by atoms with Crippen LogP contribution in [0.5, 0.6) is 0 Å². The van der Waals surface area contributed by atoms with Crippen molar-refractivity contribution in [3.8, 4) is 6.07 Å². The third kappa shape index (κ3) is 3.31. The Kier molecular flexibility index (Phi) is 4.04. The van der Waals surface area contributed by atoms with Crippen LogP contribution < -0.4 is 0 Å². The van der Waals surface area contributed by atoms with Crippen molar-refractivity contribution in [3.63, 3.8) is 0 Å². The predicted molar refractivity (Wildman–Crippen MR) is 67.3 cm³/mol. The third-order valence-electron chi connectivity index (χ3n) is 2.83. The van der Waals surface area contributed by atoms with Crippen molar-refractivity contribution < 1.29 is 18.0 Å².